The summed E-state index contributed by atoms with van der Waals surface area (Å²) in [5, 5.41) is 0. The van der Waals surface area contributed by atoms with E-state index in [9.17, 15) is 4.79 Å². The molecule has 2 saturated carbocycles. The van der Waals surface area contributed by atoms with Crippen LogP contribution in [0.5, 0.6) is 0 Å². The van der Waals surface area contributed by atoms with Gasteiger partial charge in [-0.05, 0) is 23.2 Å². The van der Waals surface area contributed by atoms with E-state index in [1.54, 1.807) is 0 Å². The number of hydrogen-bond acceptors (Lipinski definition) is 3. The Morgan fingerprint density at radius 3 is 2.44 bits per heavy atom. The SMILES string of the molecule is CC1(C)CC(=O)CC2(C)CC3(CCC12)OCCO3. The second kappa shape index (κ2) is 3.80. The van der Waals surface area contributed by atoms with E-state index < -0.39 is 0 Å². The van der Waals surface area contributed by atoms with Crippen LogP contribution in [0.2, 0.25) is 0 Å². The van der Waals surface area contributed by atoms with Gasteiger partial charge in [-0.3, -0.25) is 4.79 Å². The molecule has 1 heterocycles. The van der Waals surface area contributed by atoms with Crippen molar-refractivity contribution in [2.45, 2.75) is 58.7 Å². The zero-order valence-corrected chi connectivity index (χ0v) is 11.8. The normalized spacial score (nSPS) is 41.9. The fraction of sp³-hybridized carbons (Fsp3) is 0.933. The maximum absolute atomic E-state index is 12.1. The second-order valence-electron chi connectivity index (χ2n) is 7.41. The minimum absolute atomic E-state index is 0.0570. The third kappa shape index (κ3) is 1.83. The lowest BCUT2D eigenvalue weighted by molar-refractivity contribution is -0.226. The highest BCUT2D eigenvalue weighted by Crippen LogP contribution is 2.59. The molecule has 2 aliphatic carbocycles. The second-order valence-corrected chi connectivity index (χ2v) is 7.41. The van der Waals surface area contributed by atoms with Gasteiger partial charge in [-0.25, -0.2) is 0 Å². The molecule has 3 heteroatoms. The van der Waals surface area contributed by atoms with Crippen LogP contribution in [0.15, 0.2) is 0 Å². The van der Waals surface area contributed by atoms with Gasteiger partial charge in [-0.2, -0.15) is 0 Å². The lowest BCUT2D eigenvalue weighted by Crippen LogP contribution is -2.54. The molecule has 1 spiro atoms. The minimum atomic E-state index is -0.376. The molecule has 0 N–H and O–H groups in total. The molecule has 0 amide bonds. The predicted octanol–water partition coefficient (Wildman–Crippen LogP) is 2.93. The van der Waals surface area contributed by atoms with Gasteiger partial charge in [0.05, 0.1) is 13.2 Å². The van der Waals surface area contributed by atoms with Gasteiger partial charge in [-0.15, -0.1) is 0 Å². The zero-order chi connectivity index (χ0) is 13.0. The highest BCUT2D eigenvalue weighted by atomic mass is 16.7. The molecule has 3 aliphatic rings. The minimum Gasteiger partial charge on any atom is -0.348 e. The van der Waals surface area contributed by atoms with E-state index >= 15 is 0 Å². The van der Waals surface area contributed by atoms with E-state index in [1.807, 2.05) is 0 Å². The number of fused-ring (bicyclic) bond motifs is 1. The number of rotatable bonds is 0. The van der Waals surface area contributed by atoms with Crippen molar-refractivity contribution in [1.82, 2.24) is 0 Å². The van der Waals surface area contributed by atoms with Crippen LogP contribution in [-0.2, 0) is 14.3 Å². The van der Waals surface area contributed by atoms with Crippen molar-refractivity contribution in [2.75, 3.05) is 13.2 Å². The quantitative estimate of drug-likeness (QED) is 0.665. The summed E-state index contributed by atoms with van der Waals surface area (Å²) >= 11 is 0. The average molecular weight is 252 g/mol. The van der Waals surface area contributed by atoms with Gasteiger partial charge in [0.25, 0.3) is 0 Å². The molecular weight excluding hydrogens is 228 g/mol. The molecule has 102 valence electrons. The smallest absolute Gasteiger partial charge is 0.169 e. The summed E-state index contributed by atoms with van der Waals surface area (Å²) in [6.07, 6.45) is 4.44. The van der Waals surface area contributed by atoms with Crippen LogP contribution in [0.25, 0.3) is 0 Å². The Morgan fingerprint density at radius 1 is 1.11 bits per heavy atom. The summed E-state index contributed by atoms with van der Waals surface area (Å²) in [6, 6.07) is 0. The van der Waals surface area contributed by atoms with E-state index in [2.05, 4.69) is 20.8 Å². The molecule has 3 fully saturated rings. The number of ketones is 1. The maximum Gasteiger partial charge on any atom is 0.169 e. The van der Waals surface area contributed by atoms with Crippen LogP contribution in [0, 0.1) is 16.7 Å². The topological polar surface area (TPSA) is 35.5 Å². The standard InChI is InChI=1S/C15H24O3/c1-13(2)8-11(16)9-14(3)10-15(5-4-12(13)14)17-6-7-18-15/h12H,4-10H2,1-3H3. The van der Waals surface area contributed by atoms with Crippen molar-refractivity contribution in [3.8, 4) is 0 Å². The van der Waals surface area contributed by atoms with Gasteiger partial charge in [0.2, 0.25) is 0 Å². The number of ether oxygens (including phenoxy) is 2. The van der Waals surface area contributed by atoms with E-state index in [0.717, 1.165) is 25.7 Å². The van der Waals surface area contributed by atoms with E-state index in [-0.39, 0.29) is 16.6 Å². The lowest BCUT2D eigenvalue weighted by atomic mass is 9.50. The Morgan fingerprint density at radius 2 is 1.78 bits per heavy atom. The van der Waals surface area contributed by atoms with Crippen LogP contribution in [-0.4, -0.2) is 24.8 Å². The first-order valence-electron chi connectivity index (χ1n) is 7.15. The Hall–Kier alpha value is -0.410. The summed E-state index contributed by atoms with van der Waals surface area (Å²) in [5.41, 5.74) is 0.186. The number of carbonyl (C=O) groups excluding carboxylic acids is 1. The molecule has 3 nitrogen and oxygen atoms in total. The lowest BCUT2D eigenvalue weighted by Gasteiger charge is -2.56. The van der Waals surface area contributed by atoms with Gasteiger partial charge in [0.15, 0.2) is 5.79 Å². The van der Waals surface area contributed by atoms with Gasteiger partial charge in [-0.1, -0.05) is 20.8 Å². The summed E-state index contributed by atoms with van der Waals surface area (Å²) in [7, 11) is 0. The molecule has 2 unspecified atom stereocenters. The summed E-state index contributed by atoms with van der Waals surface area (Å²) in [4.78, 5) is 12.1. The number of hydrogen-bond donors (Lipinski definition) is 0. The Bertz CT molecular complexity index is 368. The molecule has 0 aromatic heterocycles. The monoisotopic (exact) mass is 252 g/mol. The highest BCUT2D eigenvalue weighted by molar-refractivity contribution is 5.81. The molecule has 1 aliphatic heterocycles. The van der Waals surface area contributed by atoms with Crippen molar-refractivity contribution in [2.24, 2.45) is 16.7 Å². The molecule has 1 saturated heterocycles. The highest BCUT2D eigenvalue weighted by Gasteiger charge is 2.57. The average Bonchev–Trinajstić information content (AvgIpc) is 2.61. The van der Waals surface area contributed by atoms with E-state index in [0.29, 0.717) is 31.3 Å². The van der Waals surface area contributed by atoms with Gasteiger partial charge < -0.3 is 9.47 Å². The first-order chi connectivity index (χ1) is 8.35. The van der Waals surface area contributed by atoms with E-state index in [4.69, 9.17) is 9.47 Å². The predicted molar refractivity (Wildman–Crippen MR) is 68.1 cm³/mol. The zero-order valence-electron chi connectivity index (χ0n) is 11.8. The molecule has 2 atom stereocenters. The number of Topliss-reactive ketones (excluding diaryl/α,β-unsaturated/α-hetero) is 1. The fourth-order valence-corrected chi connectivity index (χ4v) is 4.95. The molecule has 0 aromatic carbocycles. The molecule has 3 rings (SSSR count). The van der Waals surface area contributed by atoms with Gasteiger partial charge in [0, 0.05) is 25.7 Å². The van der Waals surface area contributed by atoms with Crippen molar-refractivity contribution >= 4 is 5.78 Å². The van der Waals surface area contributed by atoms with Crippen molar-refractivity contribution < 1.29 is 14.3 Å². The van der Waals surface area contributed by atoms with E-state index in [1.165, 1.54) is 0 Å². The molecule has 0 aromatic rings. The largest absolute Gasteiger partial charge is 0.348 e. The summed E-state index contributed by atoms with van der Waals surface area (Å²) < 4.78 is 11.7. The van der Waals surface area contributed by atoms with Gasteiger partial charge in [0.1, 0.15) is 5.78 Å². The van der Waals surface area contributed by atoms with Crippen molar-refractivity contribution in [3.05, 3.63) is 0 Å². The Balaban J connectivity index is 1.89. The molecule has 0 bridgehead atoms. The van der Waals surface area contributed by atoms with Crippen LogP contribution in [0.1, 0.15) is 52.9 Å². The van der Waals surface area contributed by atoms with Crippen LogP contribution in [0.4, 0.5) is 0 Å². The first-order valence-corrected chi connectivity index (χ1v) is 7.15. The van der Waals surface area contributed by atoms with Crippen LogP contribution in [0.3, 0.4) is 0 Å². The van der Waals surface area contributed by atoms with Crippen LogP contribution >= 0.6 is 0 Å². The number of carbonyl (C=O) groups is 1. The van der Waals surface area contributed by atoms with Crippen molar-refractivity contribution in [1.29, 1.82) is 0 Å². The molecule has 18 heavy (non-hydrogen) atoms. The first kappa shape index (κ1) is 12.6. The third-order valence-electron chi connectivity index (χ3n) is 5.34. The molecule has 0 radical (unpaired) electrons. The van der Waals surface area contributed by atoms with Gasteiger partial charge >= 0.3 is 0 Å². The summed E-state index contributed by atoms with van der Waals surface area (Å²) in [6.45, 7) is 8.18. The third-order valence-corrected chi connectivity index (χ3v) is 5.34. The van der Waals surface area contributed by atoms with Crippen LogP contribution < -0.4 is 0 Å². The molecular formula is C15H24O3. The summed E-state index contributed by atoms with van der Waals surface area (Å²) in [5.74, 6) is 0.647. The maximum atomic E-state index is 12.1. The fourth-order valence-electron chi connectivity index (χ4n) is 4.95. The Kier molecular flexibility index (Phi) is 2.66. The van der Waals surface area contributed by atoms with Crippen molar-refractivity contribution in [3.63, 3.8) is 0 Å². The Labute approximate surface area is 109 Å².